The van der Waals surface area contributed by atoms with Gasteiger partial charge in [-0.15, -0.1) is 0 Å². The van der Waals surface area contributed by atoms with Crippen LogP contribution in [0.15, 0.2) is 53.0 Å². The zero-order valence-electron chi connectivity index (χ0n) is 16.7. The van der Waals surface area contributed by atoms with E-state index in [0.717, 1.165) is 4.47 Å². The standard InChI is InChI=1S/C22H23BrN2O5/c1-22(13-30-12-19(22)27)25(2)21(29)18(11-14-4-3-5-17(26)10-14)24-20(28)15-6-8-16(23)9-7-15/h3-10,18,26H,11-13H2,1-2H3,(H,24,28). The predicted molar refractivity (Wildman–Crippen MR) is 114 cm³/mol. The monoisotopic (exact) mass is 474 g/mol. The molecule has 0 radical (unpaired) electrons. The smallest absolute Gasteiger partial charge is 0.251 e. The number of carbonyl (C=O) groups is 3. The van der Waals surface area contributed by atoms with Gasteiger partial charge in [-0.1, -0.05) is 28.1 Å². The maximum atomic E-state index is 13.3. The van der Waals surface area contributed by atoms with E-state index in [4.69, 9.17) is 4.74 Å². The molecule has 2 aromatic carbocycles. The van der Waals surface area contributed by atoms with Crippen LogP contribution in [-0.2, 0) is 20.7 Å². The Kier molecular flexibility index (Phi) is 6.58. The zero-order valence-corrected chi connectivity index (χ0v) is 18.3. The first-order valence-electron chi connectivity index (χ1n) is 9.44. The Labute approximate surface area is 183 Å². The van der Waals surface area contributed by atoms with Crippen molar-refractivity contribution in [2.45, 2.75) is 24.9 Å². The van der Waals surface area contributed by atoms with Gasteiger partial charge in [0.2, 0.25) is 5.91 Å². The molecule has 1 saturated heterocycles. The molecule has 0 saturated carbocycles. The average molecular weight is 475 g/mol. The summed E-state index contributed by atoms with van der Waals surface area (Å²) in [6.45, 7) is 1.71. The van der Waals surface area contributed by atoms with Gasteiger partial charge in [0.1, 0.15) is 23.9 Å². The summed E-state index contributed by atoms with van der Waals surface area (Å²) in [6.07, 6.45) is 0.158. The molecule has 0 aliphatic carbocycles. The van der Waals surface area contributed by atoms with Gasteiger partial charge in [0.25, 0.3) is 5.91 Å². The largest absolute Gasteiger partial charge is 0.508 e. The maximum Gasteiger partial charge on any atom is 0.251 e. The van der Waals surface area contributed by atoms with Crippen molar-refractivity contribution in [2.75, 3.05) is 20.3 Å². The third-order valence-corrected chi connectivity index (χ3v) is 5.88. The molecule has 2 amide bonds. The molecule has 2 aromatic rings. The quantitative estimate of drug-likeness (QED) is 0.669. The lowest BCUT2D eigenvalue weighted by Gasteiger charge is -2.35. The highest BCUT2D eigenvalue weighted by Crippen LogP contribution is 2.23. The minimum atomic E-state index is -1.09. The number of Topliss-reactive ketones (excluding diaryl/α,β-unsaturated/α-hetero) is 1. The van der Waals surface area contributed by atoms with E-state index in [-0.39, 0.29) is 31.2 Å². The summed E-state index contributed by atoms with van der Waals surface area (Å²) in [5, 5.41) is 12.5. The molecule has 2 unspecified atom stereocenters. The van der Waals surface area contributed by atoms with Crippen LogP contribution in [0.2, 0.25) is 0 Å². The molecule has 0 bridgehead atoms. The number of benzene rings is 2. The number of rotatable bonds is 6. The molecule has 3 rings (SSSR count). The molecule has 1 aliphatic rings. The summed E-state index contributed by atoms with van der Waals surface area (Å²) in [4.78, 5) is 39.7. The number of halogens is 1. The lowest BCUT2D eigenvalue weighted by molar-refractivity contribution is -0.142. The number of hydrogen-bond acceptors (Lipinski definition) is 5. The van der Waals surface area contributed by atoms with Crippen LogP contribution in [0.25, 0.3) is 0 Å². The normalized spacial score (nSPS) is 19.4. The molecule has 158 valence electrons. The number of phenols is 1. The topological polar surface area (TPSA) is 95.9 Å². The Morgan fingerprint density at radius 1 is 1.27 bits per heavy atom. The van der Waals surface area contributed by atoms with E-state index in [2.05, 4.69) is 21.2 Å². The molecule has 2 atom stereocenters. The highest BCUT2D eigenvalue weighted by molar-refractivity contribution is 9.10. The van der Waals surface area contributed by atoms with Gasteiger partial charge in [-0.2, -0.15) is 0 Å². The van der Waals surface area contributed by atoms with Crippen LogP contribution in [0.1, 0.15) is 22.8 Å². The number of likely N-dealkylation sites (N-methyl/N-ethyl adjacent to an activating group) is 1. The third kappa shape index (κ3) is 4.71. The van der Waals surface area contributed by atoms with E-state index in [0.29, 0.717) is 11.1 Å². The van der Waals surface area contributed by atoms with Crippen LogP contribution < -0.4 is 5.32 Å². The van der Waals surface area contributed by atoms with Gasteiger partial charge in [0.15, 0.2) is 5.78 Å². The van der Waals surface area contributed by atoms with E-state index >= 15 is 0 Å². The Balaban J connectivity index is 1.86. The summed E-state index contributed by atoms with van der Waals surface area (Å²) in [5.41, 5.74) is -0.00527. The Hall–Kier alpha value is -2.71. The number of nitrogens with one attached hydrogen (secondary N) is 1. The molecular weight excluding hydrogens is 452 g/mol. The highest BCUT2D eigenvalue weighted by Gasteiger charge is 2.45. The molecular formula is C22H23BrN2O5. The summed E-state index contributed by atoms with van der Waals surface area (Å²) >= 11 is 3.33. The Morgan fingerprint density at radius 3 is 2.57 bits per heavy atom. The second kappa shape index (κ2) is 8.97. The number of hydrogen-bond donors (Lipinski definition) is 2. The van der Waals surface area contributed by atoms with Gasteiger partial charge in [0, 0.05) is 23.5 Å². The Bertz CT molecular complexity index is 962. The SMILES string of the molecule is CN(C(=O)C(Cc1cccc(O)c1)NC(=O)c1ccc(Br)cc1)C1(C)COCC1=O. The van der Waals surface area contributed by atoms with Crippen molar-refractivity contribution < 1.29 is 24.2 Å². The molecule has 2 N–H and O–H groups in total. The van der Waals surface area contributed by atoms with Gasteiger partial charge < -0.3 is 20.1 Å². The van der Waals surface area contributed by atoms with Crippen LogP contribution in [0.5, 0.6) is 5.75 Å². The highest BCUT2D eigenvalue weighted by atomic mass is 79.9. The third-order valence-electron chi connectivity index (χ3n) is 5.35. The first kappa shape index (κ1) is 22.0. The number of carbonyl (C=O) groups excluding carboxylic acids is 3. The summed E-state index contributed by atoms with van der Waals surface area (Å²) in [6, 6.07) is 12.3. The number of nitrogens with zero attached hydrogens (tertiary/aromatic N) is 1. The number of phenolic OH excluding ortho intramolecular Hbond substituents is 1. The molecule has 7 nitrogen and oxygen atoms in total. The fourth-order valence-corrected chi connectivity index (χ4v) is 3.57. The van der Waals surface area contributed by atoms with E-state index in [9.17, 15) is 19.5 Å². The van der Waals surface area contributed by atoms with Gasteiger partial charge in [-0.3, -0.25) is 14.4 Å². The van der Waals surface area contributed by atoms with Crippen LogP contribution in [0, 0.1) is 0 Å². The van der Waals surface area contributed by atoms with Crippen LogP contribution in [-0.4, -0.2) is 59.4 Å². The second-order valence-corrected chi connectivity index (χ2v) is 8.41. The van der Waals surface area contributed by atoms with Crippen LogP contribution in [0.4, 0.5) is 0 Å². The van der Waals surface area contributed by atoms with E-state index < -0.39 is 23.4 Å². The molecule has 8 heteroatoms. The fourth-order valence-electron chi connectivity index (χ4n) is 3.30. The van der Waals surface area contributed by atoms with Crippen LogP contribution >= 0.6 is 15.9 Å². The zero-order chi connectivity index (χ0) is 21.9. The summed E-state index contributed by atoms with van der Waals surface area (Å²) in [7, 11) is 1.54. The van der Waals surface area contributed by atoms with E-state index in [1.165, 1.54) is 24.1 Å². The van der Waals surface area contributed by atoms with Crippen LogP contribution in [0.3, 0.4) is 0 Å². The Morgan fingerprint density at radius 2 is 1.97 bits per heavy atom. The first-order valence-corrected chi connectivity index (χ1v) is 10.2. The van der Waals surface area contributed by atoms with E-state index in [1.54, 1.807) is 43.3 Å². The molecule has 1 aliphatic heterocycles. The molecule has 1 fully saturated rings. The minimum absolute atomic E-state index is 0.0450. The fraction of sp³-hybridized carbons (Fsp3) is 0.318. The summed E-state index contributed by atoms with van der Waals surface area (Å²) < 4.78 is 6.08. The molecule has 1 heterocycles. The van der Waals surface area contributed by atoms with Crippen molar-refractivity contribution in [3.05, 3.63) is 64.1 Å². The number of aromatic hydroxyl groups is 1. The van der Waals surface area contributed by atoms with Crippen molar-refractivity contribution in [1.82, 2.24) is 10.2 Å². The molecule has 0 spiro atoms. The van der Waals surface area contributed by atoms with Crippen molar-refractivity contribution in [3.8, 4) is 5.75 Å². The lowest BCUT2D eigenvalue weighted by atomic mass is 9.95. The number of ketones is 1. The van der Waals surface area contributed by atoms with Gasteiger partial charge in [0.05, 0.1) is 6.61 Å². The molecule has 0 aromatic heterocycles. The summed E-state index contributed by atoms with van der Waals surface area (Å²) in [5.74, 6) is -0.940. The lowest BCUT2D eigenvalue weighted by Crippen LogP contribution is -2.58. The van der Waals surface area contributed by atoms with Crippen molar-refractivity contribution in [3.63, 3.8) is 0 Å². The van der Waals surface area contributed by atoms with E-state index in [1.807, 2.05) is 0 Å². The van der Waals surface area contributed by atoms with Crippen molar-refractivity contribution in [1.29, 1.82) is 0 Å². The minimum Gasteiger partial charge on any atom is -0.508 e. The van der Waals surface area contributed by atoms with Gasteiger partial charge in [-0.25, -0.2) is 0 Å². The van der Waals surface area contributed by atoms with Crippen molar-refractivity contribution in [2.24, 2.45) is 0 Å². The average Bonchev–Trinajstić information content (AvgIpc) is 3.06. The van der Waals surface area contributed by atoms with Gasteiger partial charge in [-0.05, 0) is 48.9 Å². The number of ether oxygens (including phenoxy) is 1. The van der Waals surface area contributed by atoms with Crippen molar-refractivity contribution >= 4 is 33.5 Å². The first-order chi connectivity index (χ1) is 14.2. The second-order valence-electron chi connectivity index (χ2n) is 7.49. The number of amides is 2. The molecule has 30 heavy (non-hydrogen) atoms. The van der Waals surface area contributed by atoms with Gasteiger partial charge >= 0.3 is 0 Å². The predicted octanol–water partition coefficient (Wildman–Crippen LogP) is 2.31. The maximum absolute atomic E-state index is 13.3.